The lowest BCUT2D eigenvalue weighted by Crippen LogP contribution is -2.13. The Balaban J connectivity index is 1.67. The van der Waals surface area contributed by atoms with Gasteiger partial charge in [-0.15, -0.1) is 0 Å². The van der Waals surface area contributed by atoms with Gasteiger partial charge in [-0.3, -0.25) is 9.52 Å². The van der Waals surface area contributed by atoms with E-state index >= 15 is 0 Å². The van der Waals surface area contributed by atoms with Crippen LogP contribution in [0.4, 0.5) is 11.4 Å². The number of methoxy groups -OCH3 is 1. The van der Waals surface area contributed by atoms with Crippen molar-refractivity contribution in [1.82, 2.24) is 0 Å². The number of carbonyl (C=O) groups excluding carboxylic acids is 1. The van der Waals surface area contributed by atoms with Gasteiger partial charge in [0.05, 0.1) is 17.7 Å². The summed E-state index contributed by atoms with van der Waals surface area (Å²) in [5.74, 6) is 0.161. The molecule has 0 fully saturated rings. The first kappa shape index (κ1) is 21.1. The van der Waals surface area contributed by atoms with E-state index in [2.05, 4.69) is 10.0 Å². The molecule has 0 atom stereocenters. The minimum atomic E-state index is -3.77. The van der Waals surface area contributed by atoms with Crippen LogP contribution in [0.15, 0.2) is 83.8 Å². The number of nitrogens with one attached hydrogen (secondary N) is 2. The quantitative estimate of drug-likeness (QED) is 0.551. The summed E-state index contributed by atoms with van der Waals surface area (Å²) in [5.41, 5.74) is 2.87. The SMILES string of the molecule is COc1ccccc1NS(=O)(=O)c1ccc(/C=C/C(=O)Nc2ccc(C)cc2)cc1. The second-order valence-electron chi connectivity index (χ2n) is 6.56. The molecule has 3 aromatic carbocycles. The largest absolute Gasteiger partial charge is 0.495 e. The van der Waals surface area contributed by atoms with Crippen molar-refractivity contribution >= 4 is 33.4 Å². The van der Waals surface area contributed by atoms with Crippen molar-refractivity contribution in [2.45, 2.75) is 11.8 Å². The monoisotopic (exact) mass is 422 g/mol. The highest BCUT2D eigenvalue weighted by atomic mass is 32.2. The molecule has 0 saturated heterocycles. The average molecular weight is 423 g/mol. The summed E-state index contributed by atoms with van der Waals surface area (Å²) in [6.07, 6.45) is 3.02. The normalized spacial score (nSPS) is 11.3. The van der Waals surface area contributed by atoms with Crippen molar-refractivity contribution in [2.24, 2.45) is 0 Å². The number of hydrogen-bond donors (Lipinski definition) is 2. The smallest absolute Gasteiger partial charge is 0.262 e. The zero-order chi connectivity index (χ0) is 21.6. The maximum absolute atomic E-state index is 12.6. The number of rotatable bonds is 7. The van der Waals surface area contributed by atoms with Gasteiger partial charge in [-0.1, -0.05) is 42.0 Å². The third-order valence-corrected chi connectivity index (χ3v) is 5.67. The average Bonchev–Trinajstić information content (AvgIpc) is 2.74. The number of aryl methyl sites for hydroxylation is 1. The molecule has 3 aromatic rings. The highest BCUT2D eigenvalue weighted by Crippen LogP contribution is 2.26. The molecule has 0 unspecified atom stereocenters. The Labute approximate surface area is 176 Å². The number of carbonyl (C=O) groups is 1. The molecule has 2 N–H and O–H groups in total. The van der Waals surface area contributed by atoms with Crippen molar-refractivity contribution in [1.29, 1.82) is 0 Å². The van der Waals surface area contributed by atoms with Gasteiger partial charge in [0.2, 0.25) is 5.91 Å². The topological polar surface area (TPSA) is 84.5 Å². The molecule has 6 nitrogen and oxygen atoms in total. The van der Waals surface area contributed by atoms with Crippen molar-refractivity contribution in [3.63, 3.8) is 0 Å². The van der Waals surface area contributed by atoms with E-state index in [4.69, 9.17) is 4.74 Å². The highest BCUT2D eigenvalue weighted by molar-refractivity contribution is 7.92. The number of anilines is 2. The van der Waals surface area contributed by atoms with Crippen LogP contribution in [0.5, 0.6) is 5.75 Å². The first-order chi connectivity index (χ1) is 14.4. The molecule has 1 amide bonds. The molecular formula is C23H22N2O4S. The lowest BCUT2D eigenvalue weighted by atomic mass is 10.2. The Kier molecular flexibility index (Phi) is 6.54. The minimum absolute atomic E-state index is 0.106. The van der Waals surface area contributed by atoms with Gasteiger partial charge in [-0.05, 0) is 55.0 Å². The van der Waals surface area contributed by atoms with Crippen LogP contribution >= 0.6 is 0 Å². The van der Waals surface area contributed by atoms with Crippen LogP contribution in [0.2, 0.25) is 0 Å². The van der Waals surface area contributed by atoms with Crippen molar-refractivity contribution in [2.75, 3.05) is 17.1 Å². The van der Waals surface area contributed by atoms with Crippen LogP contribution < -0.4 is 14.8 Å². The third kappa shape index (κ3) is 5.48. The molecule has 0 aliphatic rings. The minimum Gasteiger partial charge on any atom is -0.495 e. The fourth-order valence-electron chi connectivity index (χ4n) is 2.68. The van der Waals surface area contributed by atoms with Gasteiger partial charge < -0.3 is 10.1 Å². The van der Waals surface area contributed by atoms with Gasteiger partial charge in [0.15, 0.2) is 0 Å². The number of benzene rings is 3. The number of amides is 1. The Morgan fingerprint density at radius 1 is 0.933 bits per heavy atom. The standard InChI is InChI=1S/C23H22N2O4S/c1-17-7-12-19(13-8-17)24-23(26)16-11-18-9-14-20(15-10-18)30(27,28)25-21-5-3-4-6-22(21)29-2/h3-16,25H,1-2H3,(H,24,26)/b16-11+. The van der Waals surface area contributed by atoms with Crippen LogP contribution in [0, 0.1) is 6.92 Å². The van der Waals surface area contributed by atoms with Gasteiger partial charge in [-0.25, -0.2) is 8.42 Å². The van der Waals surface area contributed by atoms with Gasteiger partial charge in [-0.2, -0.15) is 0 Å². The van der Waals surface area contributed by atoms with E-state index in [9.17, 15) is 13.2 Å². The molecule has 0 aromatic heterocycles. The molecule has 0 radical (unpaired) electrons. The summed E-state index contributed by atoms with van der Waals surface area (Å²) < 4.78 is 32.9. The van der Waals surface area contributed by atoms with Gasteiger partial charge >= 0.3 is 0 Å². The summed E-state index contributed by atoms with van der Waals surface area (Å²) >= 11 is 0. The molecule has 0 saturated carbocycles. The zero-order valence-corrected chi connectivity index (χ0v) is 17.4. The van der Waals surface area contributed by atoms with E-state index < -0.39 is 10.0 Å². The van der Waals surface area contributed by atoms with Gasteiger partial charge in [0, 0.05) is 11.8 Å². The lowest BCUT2D eigenvalue weighted by molar-refractivity contribution is -0.111. The molecule has 0 aliphatic heterocycles. The van der Waals surface area contributed by atoms with E-state index in [1.54, 1.807) is 42.5 Å². The highest BCUT2D eigenvalue weighted by Gasteiger charge is 2.16. The number of ether oxygens (including phenoxy) is 1. The predicted molar refractivity (Wildman–Crippen MR) is 119 cm³/mol. The molecule has 0 spiro atoms. The molecule has 0 aliphatic carbocycles. The van der Waals surface area contributed by atoms with E-state index in [1.165, 1.54) is 25.3 Å². The summed E-state index contributed by atoms with van der Waals surface area (Å²) in [6, 6.07) is 20.5. The fourth-order valence-corrected chi connectivity index (χ4v) is 3.75. The van der Waals surface area contributed by atoms with E-state index in [0.29, 0.717) is 22.7 Å². The lowest BCUT2D eigenvalue weighted by Gasteiger charge is -2.11. The van der Waals surface area contributed by atoms with E-state index in [1.807, 2.05) is 31.2 Å². The predicted octanol–water partition coefficient (Wildman–Crippen LogP) is 4.46. The summed E-state index contributed by atoms with van der Waals surface area (Å²) in [4.78, 5) is 12.2. The van der Waals surface area contributed by atoms with Crippen molar-refractivity contribution in [3.05, 3.63) is 90.0 Å². The molecular weight excluding hydrogens is 400 g/mol. The van der Waals surface area contributed by atoms with Crippen LogP contribution in [0.3, 0.4) is 0 Å². The first-order valence-electron chi connectivity index (χ1n) is 9.19. The summed E-state index contributed by atoms with van der Waals surface area (Å²) in [5, 5.41) is 2.77. The molecule has 30 heavy (non-hydrogen) atoms. The molecule has 154 valence electrons. The maximum atomic E-state index is 12.6. The van der Waals surface area contributed by atoms with Crippen LogP contribution in [0.1, 0.15) is 11.1 Å². The molecule has 7 heteroatoms. The third-order valence-electron chi connectivity index (χ3n) is 4.29. The molecule has 0 bridgehead atoms. The second kappa shape index (κ2) is 9.28. The number of hydrogen-bond acceptors (Lipinski definition) is 4. The maximum Gasteiger partial charge on any atom is 0.262 e. The van der Waals surface area contributed by atoms with Crippen LogP contribution in [0.25, 0.3) is 6.08 Å². The van der Waals surface area contributed by atoms with E-state index in [-0.39, 0.29) is 10.8 Å². The van der Waals surface area contributed by atoms with E-state index in [0.717, 1.165) is 5.56 Å². The summed E-state index contributed by atoms with van der Waals surface area (Å²) in [6.45, 7) is 1.97. The Hall–Kier alpha value is -3.58. The zero-order valence-electron chi connectivity index (χ0n) is 16.6. The van der Waals surface area contributed by atoms with Gasteiger partial charge in [0.1, 0.15) is 5.75 Å². The second-order valence-corrected chi connectivity index (χ2v) is 8.25. The Morgan fingerprint density at radius 2 is 1.60 bits per heavy atom. The molecule has 3 rings (SSSR count). The van der Waals surface area contributed by atoms with Crippen molar-refractivity contribution in [3.8, 4) is 5.75 Å². The first-order valence-corrected chi connectivity index (χ1v) is 10.7. The number of para-hydroxylation sites is 2. The fraction of sp³-hybridized carbons (Fsp3) is 0.0870. The van der Waals surface area contributed by atoms with Crippen molar-refractivity contribution < 1.29 is 17.9 Å². The Bertz CT molecular complexity index is 1150. The Morgan fingerprint density at radius 3 is 2.27 bits per heavy atom. The van der Waals surface area contributed by atoms with Crippen LogP contribution in [-0.4, -0.2) is 21.4 Å². The van der Waals surface area contributed by atoms with Crippen LogP contribution in [-0.2, 0) is 14.8 Å². The number of sulfonamides is 1. The summed E-state index contributed by atoms with van der Waals surface area (Å²) in [7, 11) is -2.30. The molecule has 0 heterocycles. The van der Waals surface area contributed by atoms with Gasteiger partial charge in [0.25, 0.3) is 10.0 Å².